The van der Waals surface area contributed by atoms with Gasteiger partial charge in [0.2, 0.25) is 11.8 Å². The first-order valence-electron chi connectivity index (χ1n) is 16.4. The van der Waals surface area contributed by atoms with Gasteiger partial charge in [-0.05, 0) is 78.5 Å². The van der Waals surface area contributed by atoms with Crippen LogP contribution in [0.15, 0.2) is 66.7 Å². The third-order valence-electron chi connectivity index (χ3n) is 10.6. The van der Waals surface area contributed by atoms with Crippen LogP contribution in [0.25, 0.3) is 10.9 Å². The lowest BCUT2D eigenvalue weighted by molar-refractivity contribution is -0.146. The van der Waals surface area contributed by atoms with Crippen LogP contribution < -0.4 is 14.8 Å². The maximum Gasteiger partial charge on any atom is 0.416 e. The van der Waals surface area contributed by atoms with Gasteiger partial charge in [0, 0.05) is 35.6 Å². The Balaban J connectivity index is 1.34. The Kier molecular flexibility index (Phi) is 8.72. The third kappa shape index (κ3) is 6.01. The number of amides is 2. The first-order chi connectivity index (χ1) is 22.8. The molecule has 0 saturated heterocycles. The van der Waals surface area contributed by atoms with E-state index in [-0.39, 0.29) is 42.0 Å². The predicted octanol–water partition coefficient (Wildman–Crippen LogP) is 8.62. The number of para-hydroxylation sites is 1. The SMILES string of the molecule is COc1ccc(NC(=O)C2(N(Cc3ccc(C(F)(F)F)cc3)C(=O)C[C@H]3[C@@H](c4c(C)[nH]c5ccccc45)C3(C)C)CCCC2)c(OC)c1. The van der Waals surface area contributed by atoms with E-state index in [0.717, 1.165) is 41.6 Å². The van der Waals surface area contributed by atoms with Crippen molar-refractivity contribution in [1.29, 1.82) is 0 Å². The molecule has 10 heteroatoms. The van der Waals surface area contributed by atoms with Gasteiger partial charge in [0.1, 0.15) is 17.0 Å². The Morgan fingerprint density at radius 3 is 2.31 bits per heavy atom. The number of benzene rings is 3. The average molecular weight is 662 g/mol. The summed E-state index contributed by atoms with van der Waals surface area (Å²) in [7, 11) is 3.04. The highest BCUT2D eigenvalue weighted by Gasteiger charge is 2.61. The second kappa shape index (κ2) is 12.5. The molecule has 2 fully saturated rings. The molecule has 2 aliphatic carbocycles. The van der Waals surface area contributed by atoms with E-state index < -0.39 is 17.3 Å². The highest BCUT2D eigenvalue weighted by Crippen LogP contribution is 2.67. The topological polar surface area (TPSA) is 83.7 Å². The van der Waals surface area contributed by atoms with Crippen LogP contribution in [-0.4, -0.2) is 41.5 Å². The van der Waals surface area contributed by atoms with Gasteiger partial charge in [0.25, 0.3) is 0 Å². The zero-order valence-electron chi connectivity index (χ0n) is 28.0. The number of hydrogen-bond donors (Lipinski definition) is 2. The van der Waals surface area contributed by atoms with Crippen LogP contribution >= 0.6 is 0 Å². The number of halogens is 3. The number of carbonyl (C=O) groups excluding carboxylic acids is 2. The number of anilines is 1. The van der Waals surface area contributed by atoms with Crippen LogP contribution in [0.4, 0.5) is 18.9 Å². The summed E-state index contributed by atoms with van der Waals surface area (Å²) in [5.74, 6) is 0.581. The first-order valence-corrected chi connectivity index (χ1v) is 16.4. The summed E-state index contributed by atoms with van der Waals surface area (Å²) in [6.45, 7) is 6.41. The van der Waals surface area contributed by atoms with E-state index in [9.17, 15) is 22.8 Å². The van der Waals surface area contributed by atoms with Crippen LogP contribution in [0.3, 0.4) is 0 Å². The van der Waals surface area contributed by atoms with E-state index in [1.165, 1.54) is 31.9 Å². The number of ether oxygens (including phenoxy) is 2. The van der Waals surface area contributed by atoms with Crippen LogP contribution in [0.2, 0.25) is 0 Å². The number of H-pyrrole nitrogens is 1. The van der Waals surface area contributed by atoms with E-state index >= 15 is 0 Å². The van der Waals surface area contributed by atoms with Gasteiger partial charge in [-0.2, -0.15) is 13.2 Å². The Bertz CT molecular complexity index is 1820. The second-order valence-electron chi connectivity index (χ2n) is 13.8. The summed E-state index contributed by atoms with van der Waals surface area (Å²) in [5, 5.41) is 4.17. The van der Waals surface area contributed by atoms with Crippen LogP contribution in [0, 0.1) is 18.3 Å². The van der Waals surface area contributed by atoms with Crippen molar-refractivity contribution in [2.75, 3.05) is 19.5 Å². The molecule has 2 atom stereocenters. The molecular weight excluding hydrogens is 619 g/mol. The second-order valence-corrected chi connectivity index (χ2v) is 13.8. The van der Waals surface area contributed by atoms with E-state index in [2.05, 4.69) is 37.1 Å². The number of nitrogens with zero attached hydrogens (tertiary/aromatic N) is 1. The molecule has 2 N–H and O–H groups in total. The van der Waals surface area contributed by atoms with Gasteiger partial charge in [-0.1, -0.05) is 57.0 Å². The molecule has 1 aromatic heterocycles. The minimum Gasteiger partial charge on any atom is -0.497 e. The third-order valence-corrected chi connectivity index (χ3v) is 10.6. The van der Waals surface area contributed by atoms with Crippen molar-refractivity contribution in [1.82, 2.24) is 9.88 Å². The molecule has 2 amide bonds. The number of nitrogens with one attached hydrogen (secondary N) is 2. The number of carbonyl (C=O) groups is 2. The van der Waals surface area contributed by atoms with Crippen LogP contribution in [-0.2, 0) is 22.3 Å². The Morgan fingerprint density at radius 2 is 1.67 bits per heavy atom. The fraction of sp³-hybridized carbons (Fsp3) is 0.421. The first kappa shape index (κ1) is 33.4. The molecule has 0 bridgehead atoms. The Labute approximate surface area is 278 Å². The monoisotopic (exact) mass is 661 g/mol. The molecule has 2 aliphatic rings. The number of aromatic amines is 1. The lowest BCUT2D eigenvalue weighted by Crippen LogP contribution is -2.57. The lowest BCUT2D eigenvalue weighted by Gasteiger charge is -2.40. The lowest BCUT2D eigenvalue weighted by atomic mass is 9.91. The summed E-state index contributed by atoms with van der Waals surface area (Å²) in [5.41, 5.74) is 2.17. The van der Waals surface area contributed by atoms with E-state index in [1.54, 1.807) is 23.1 Å². The quantitative estimate of drug-likeness (QED) is 0.178. The van der Waals surface area contributed by atoms with E-state index in [4.69, 9.17) is 9.47 Å². The average Bonchev–Trinajstić information content (AvgIpc) is 3.41. The maximum absolute atomic E-state index is 14.6. The molecular formula is C38H42F3N3O4. The fourth-order valence-corrected chi connectivity index (χ4v) is 7.88. The van der Waals surface area contributed by atoms with E-state index in [1.807, 2.05) is 18.2 Å². The molecule has 0 spiro atoms. The van der Waals surface area contributed by atoms with Crippen molar-refractivity contribution < 1.29 is 32.2 Å². The molecule has 6 rings (SSSR count). The largest absolute Gasteiger partial charge is 0.497 e. The highest BCUT2D eigenvalue weighted by atomic mass is 19.4. The van der Waals surface area contributed by atoms with Crippen molar-refractivity contribution in [2.24, 2.45) is 11.3 Å². The summed E-state index contributed by atoms with van der Waals surface area (Å²) in [4.78, 5) is 34.2. The maximum atomic E-state index is 14.6. The fourth-order valence-electron chi connectivity index (χ4n) is 7.88. The number of aromatic nitrogens is 1. The zero-order valence-corrected chi connectivity index (χ0v) is 28.0. The normalized spacial score (nSPS) is 19.6. The number of hydrogen-bond acceptors (Lipinski definition) is 4. The number of alkyl halides is 3. The smallest absolute Gasteiger partial charge is 0.416 e. The molecule has 0 aliphatic heterocycles. The summed E-state index contributed by atoms with van der Waals surface area (Å²) >= 11 is 0. The molecule has 3 aromatic carbocycles. The van der Waals surface area contributed by atoms with Gasteiger partial charge in [-0.15, -0.1) is 0 Å². The standard InChI is InChI=1S/C38H42F3N3O4/c1-23-33(27-10-6-7-11-29(27)42-23)34-28(36(34,2)3)21-32(45)44(22-24-12-14-25(15-13-24)38(39,40)41)37(18-8-9-19-37)35(46)43-30-17-16-26(47-4)20-31(30)48-5/h6-7,10-17,20,28,34,42H,8-9,18-19,21-22H2,1-5H3,(H,43,46)/t28-,34-/m0/s1. The summed E-state index contributed by atoms with van der Waals surface area (Å²) < 4.78 is 51.0. The van der Waals surface area contributed by atoms with Gasteiger partial charge in [0.15, 0.2) is 0 Å². The molecule has 254 valence electrons. The minimum absolute atomic E-state index is 0.00800. The van der Waals surface area contributed by atoms with Gasteiger partial charge in [-0.3, -0.25) is 9.59 Å². The van der Waals surface area contributed by atoms with Gasteiger partial charge in [0.05, 0.1) is 25.5 Å². The minimum atomic E-state index is -4.48. The van der Waals surface area contributed by atoms with Crippen LogP contribution in [0.1, 0.15) is 74.3 Å². The number of rotatable bonds is 10. The number of fused-ring (bicyclic) bond motifs is 1. The van der Waals surface area contributed by atoms with Crippen LogP contribution in [0.5, 0.6) is 11.5 Å². The van der Waals surface area contributed by atoms with Crippen molar-refractivity contribution in [3.63, 3.8) is 0 Å². The van der Waals surface area contributed by atoms with Gasteiger partial charge in [-0.25, -0.2) is 0 Å². The predicted molar refractivity (Wildman–Crippen MR) is 179 cm³/mol. The van der Waals surface area contributed by atoms with Crippen molar-refractivity contribution in [3.8, 4) is 11.5 Å². The van der Waals surface area contributed by atoms with Crippen molar-refractivity contribution in [2.45, 2.75) is 77.1 Å². The van der Waals surface area contributed by atoms with E-state index in [0.29, 0.717) is 35.6 Å². The number of aryl methyl sites for hydroxylation is 1. The Morgan fingerprint density at radius 1 is 0.979 bits per heavy atom. The van der Waals surface area contributed by atoms with Crippen molar-refractivity contribution in [3.05, 3.63) is 89.1 Å². The molecule has 2 saturated carbocycles. The Hall–Kier alpha value is -4.47. The molecule has 0 unspecified atom stereocenters. The van der Waals surface area contributed by atoms with Gasteiger partial charge >= 0.3 is 6.18 Å². The molecule has 7 nitrogen and oxygen atoms in total. The molecule has 0 radical (unpaired) electrons. The zero-order chi connectivity index (χ0) is 34.4. The molecule has 48 heavy (non-hydrogen) atoms. The van der Waals surface area contributed by atoms with Crippen molar-refractivity contribution >= 4 is 28.4 Å². The summed E-state index contributed by atoms with van der Waals surface area (Å²) in [6, 6.07) is 18.1. The summed E-state index contributed by atoms with van der Waals surface area (Å²) in [6.07, 6.45) is -1.94. The molecule has 4 aromatic rings. The molecule has 1 heterocycles. The number of methoxy groups -OCH3 is 2. The highest BCUT2D eigenvalue weighted by molar-refractivity contribution is 6.02. The van der Waals surface area contributed by atoms with Gasteiger partial charge < -0.3 is 24.7 Å².